The van der Waals surface area contributed by atoms with Crippen molar-refractivity contribution in [3.63, 3.8) is 0 Å². The van der Waals surface area contributed by atoms with Crippen molar-refractivity contribution < 1.29 is 20.1 Å². The lowest BCUT2D eigenvalue weighted by Gasteiger charge is -2.12. The van der Waals surface area contributed by atoms with Gasteiger partial charge in [-0.25, -0.2) is 9.97 Å². The fourth-order valence-corrected chi connectivity index (χ4v) is 3.20. The number of amides is 1. The number of hydrogen-bond acceptors (Lipinski definition) is 6. The molecule has 1 aromatic heterocycles. The van der Waals surface area contributed by atoms with E-state index in [0.717, 1.165) is 16.7 Å². The Hall–Kier alpha value is -4.23. The van der Waals surface area contributed by atoms with E-state index in [-0.39, 0.29) is 30.4 Å². The van der Waals surface area contributed by atoms with Crippen LogP contribution in [0.3, 0.4) is 0 Å². The van der Waals surface area contributed by atoms with E-state index in [4.69, 9.17) is 4.98 Å². The first-order valence-electron chi connectivity index (χ1n) is 9.96. The summed E-state index contributed by atoms with van der Waals surface area (Å²) >= 11 is 0. The van der Waals surface area contributed by atoms with Crippen LogP contribution in [0.4, 0.5) is 5.82 Å². The molecule has 3 aromatic carbocycles. The van der Waals surface area contributed by atoms with E-state index in [9.17, 15) is 20.1 Å². The molecule has 0 unspecified atom stereocenters. The molecule has 4 N–H and O–H groups in total. The van der Waals surface area contributed by atoms with Crippen LogP contribution in [-0.2, 0) is 17.8 Å². The van der Waals surface area contributed by atoms with E-state index >= 15 is 0 Å². The SMILES string of the molecule is O=C(Cc1ccc(O)cc1)Nc1ncc(-c2ccc(CO)cc2)nc1-c1ccc(O)cc1. The number of benzene rings is 3. The van der Waals surface area contributed by atoms with Gasteiger partial charge in [-0.15, -0.1) is 0 Å². The van der Waals surface area contributed by atoms with Crippen LogP contribution in [0.5, 0.6) is 11.5 Å². The summed E-state index contributed by atoms with van der Waals surface area (Å²) in [6, 6.07) is 20.2. The number of aliphatic hydroxyl groups excluding tert-OH is 1. The van der Waals surface area contributed by atoms with E-state index in [1.807, 2.05) is 24.3 Å². The number of nitrogens with one attached hydrogen (secondary N) is 1. The van der Waals surface area contributed by atoms with Crippen molar-refractivity contribution >= 4 is 11.7 Å². The van der Waals surface area contributed by atoms with Gasteiger partial charge >= 0.3 is 0 Å². The van der Waals surface area contributed by atoms with Crippen LogP contribution in [0.15, 0.2) is 79.0 Å². The molecule has 1 heterocycles. The Bertz CT molecular complexity index is 1220. The molecule has 4 rings (SSSR count). The predicted octanol–water partition coefficient (Wildman–Crippen LogP) is 3.90. The van der Waals surface area contributed by atoms with Crippen molar-refractivity contribution in [1.29, 1.82) is 0 Å². The Morgan fingerprint density at radius 2 is 1.34 bits per heavy atom. The molecule has 7 heteroatoms. The second-order valence-corrected chi connectivity index (χ2v) is 7.25. The third-order valence-corrected chi connectivity index (χ3v) is 4.90. The first-order valence-corrected chi connectivity index (χ1v) is 9.96. The Kier molecular flexibility index (Phi) is 6.10. The molecule has 160 valence electrons. The van der Waals surface area contributed by atoms with Crippen LogP contribution in [0.2, 0.25) is 0 Å². The Morgan fingerprint density at radius 1 is 0.781 bits per heavy atom. The topological polar surface area (TPSA) is 116 Å². The highest BCUT2D eigenvalue weighted by molar-refractivity contribution is 5.94. The maximum absolute atomic E-state index is 12.6. The van der Waals surface area contributed by atoms with E-state index in [2.05, 4.69) is 10.3 Å². The first kappa shape index (κ1) is 21.0. The van der Waals surface area contributed by atoms with Gasteiger partial charge in [0.15, 0.2) is 5.82 Å². The molecule has 0 bridgehead atoms. The van der Waals surface area contributed by atoms with Crippen molar-refractivity contribution in [2.45, 2.75) is 13.0 Å². The largest absolute Gasteiger partial charge is 0.508 e. The van der Waals surface area contributed by atoms with E-state index < -0.39 is 0 Å². The molecule has 0 aliphatic rings. The predicted molar refractivity (Wildman–Crippen MR) is 121 cm³/mol. The number of carbonyl (C=O) groups excluding carboxylic acids is 1. The van der Waals surface area contributed by atoms with Crippen molar-refractivity contribution in [3.05, 3.63) is 90.1 Å². The van der Waals surface area contributed by atoms with Gasteiger partial charge < -0.3 is 20.6 Å². The molecule has 4 aromatic rings. The Labute approximate surface area is 184 Å². The number of hydrogen-bond donors (Lipinski definition) is 4. The minimum absolute atomic E-state index is 0.0449. The number of phenols is 2. The van der Waals surface area contributed by atoms with E-state index in [0.29, 0.717) is 22.8 Å². The maximum Gasteiger partial charge on any atom is 0.230 e. The molecule has 0 atom stereocenters. The molecular weight excluding hydrogens is 406 g/mol. The van der Waals surface area contributed by atoms with Gasteiger partial charge in [-0.2, -0.15) is 0 Å². The van der Waals surface area contributed by atoms with Crippen molar-refractivity contribution in [1.82, 2.24) is 9.97 Å². The molecule has 0 radical (unpaired) electrons. The highest BCUT2D eigenvalue weighted by Crippen LogP contribution is 2.29. The smallest absolute Gasteiger partial charge is 0.230 e. The fraction of sp³-hybridized carbons (Fsp3) is 0.0800. The normalized spacial score (nSPS) is 10.7. The van der Waals surface area contributed by atoms with Crippen molar-refractivity contribution in [3.8, 4) is 34.0 Å². The summed E-state index contributed by atoms with van der Waals surface area (Å²) in [6.07, 6.45) is 1.69. The van der Waals surface area contributed by atoms with Gasteiger partial charge in [-0.1, -0.05) is 36.4 Å². The lowest BCUT2D eigenvalue weighted by atomic mass is 10.1. The zero-order chi connectivity index (χ0) is 22.5. The van der Waals surface area contributed by atoms with Gasteiger partial charge in [0.25, 0.3) is 0 Å². The average Bonchev–Trinajstić information content (AvgIpc) is 2.81. The second kappa shape index (κ2) is 9.28. The lowest BCUT2D eigenvalue weighted by Crippen LogP contribution is -2.16. The summed E-state index contributed by atoms with van der Waals surface area (Å²) in [6.45, 7) is -0.0449. The molecule has 7 nitrogen and oxygen atoms in total. The van der Waals surface area contributed by atoms with Crippen LogP contribution >= 0.6 is 0 Å². The summed E-state index contributed by atoms with van der Waals surface area (Å²) < 4.78 is 0. The quantitative estimate of drug-likeness (QED) is 0.371. The molecule has 0 aliphatic carbocycles. The summed E-state index contributed by atoms with van der Waals surface area (Å²) in [5, 5.41) is 31.1. The minimum atomic E-state index is -0.273. The number of anilines is 1. The monoisotopic (exact) mass is 427 g/mol. The standard InChI is InChI=1S/C25H21N3O4/c29-15-17-1-5-18(6-2-17)22-14-26-25(24(27-22)19-7-11-21(31)12-8-19)28-23(32)13-16-3-9-20(30)10-4-16/h1-12,14,29-31H,13,15H2,(H,26,28,32). The van der Waals surface area contributed by atoms with E-state index in [1.165, 1.54) is 12.1 Å². The van der Waals surface area contributed by atoms with Crippen molar-refractivity contribution in [2.75, 3.05) is 5.32 Å². The zero-order valence-electron chi connectivity index (χ0n) is 17.1. The molecule has 1 amide bonds. The summed E-state index contributed by atoms with van der Waals surface area (Å²) in [4.78, 5) is 21.8. The first-order chi connectivity index (χ1) is 15.5. The van der Waals surface area contributed by atoms with Crippen molar-refractivity contribution in [2.24, 2.45) is 0 Å². The zero-order valence-corrected chi connectivity index (χ0v) is 17.1. The minimum Gasteiger partial charge on any atom is -0.508 e. The summed E-state index contributed by atoms with van der Waals surface area (Å²) in [5.41, 5.74) is 4.11. The molecule has 0 aliphatic heterocycles. The van der Waals surface area contributed by atoms with Crippen LogP contribution in [0.25, 0.3) is 22.5 Å². The molecule has 0 saturated heterocycles. The number of aromatic nitrogens is 2. The molecule has 0 fully saturated rings. The average molecular weight is 427 g/mol. The third kappa shape index (κ3) is 4.91. The third-order valence-electron chi connectivity index (χ3n) is 4.90. The highest BCUT2D eigenvalue weighted by Gasteiger charge is 2.15. The maximum atomic E-state index is 12.6. The van der Waals surface area contributed by atoms with Gasteiger partial charge in [0.05, 0.1) is 24.9 Å². The summed E-state index contributed by atoms with van der Waals surface area (Å²) in [5.74, 6) is 0.285. The van der Waals surface area contributed by atoms with Gasteiger partial charge in [-0.3, -0.25) is 4.79 Å². The van der Waals surface area contributed by atoms with Crippen LogP contribution in [0.1, 0.15) is 11.1 Å². The number of phenolic OH excluding ortho intramolecular Hbond substituents is 2. The highest BCUT2D eigenvalue weighted by atomic mass is 16.3. The number of aliphatic hydroxyl groups is 1. The number of nitrogens with zero attached hydrogens (tertiary/aromatic N) is 2. The van der Waals surface area contributed by atoms with Gasteiger partial charge in [0.1, 0.15) is 17.2 Å². The molecule has 32 heavy (non-hydrogen) atoms. The van der Waals surface area contributed by atoms with Crippen LogP contribution in [0, 0.1) is 0 Å². The fourth-order valence-electron chi connectivity index (χ4n) is 3.20. The van der Waals surface area contributed by atoms with Gasteiger partial charge in [0.2, 0.25) is 5.91 Å². The van der Waals surface area contributed by atoms with Crippen LogP contribution < -0.4 is 5.32 Å². The lowest BCUT2D eigenvalue weighted by molar-refractivity contribution is -0.115. The number of aromatic hydroxyl groups is 2. The molecule has 0 saturated carbocycles. The molecular formula is C25H21N3O4. The number of carbonyl (C=O) groups is 1. The van der Waals surface area contributed by atoms with Gasteiger partial charge in [-0.05, 0) is 47.5 Å². The number of rotatable bonds is 6. The van der Waals surface area contributed by atoms with Gasteiger partial charge in [0, 0.05) is 11.1 Å². The van der Waals surface area contributed by atoms with E-state index in [1.54, 1.807) is 42.6 Å². The second-order valence-electron chi connectivity index (χ2n) is 7.25. The Morgan fingerprint density at radius 3 is 1.97 bits per heavy atom. The summed E-state index contributed by atoms with van der Waals surface area (Å²) in [7, 11) is 0. The van der Waals surface area contributed by atoms with Crippen LogP contribution in [-0.4, -0.2) is 31.2 Å². The Balaban J connectivity index is 1.66. The molecule has 0 spiro atoms.